The van der Waals surface area contributed by atoms with Gasteiger partial charge in [0.1, 0.15) is 0 Å². The van der Waals surface area contributed by atoms with Gasteiger partial charge in [-0.1, -0.05) is 15.9 Å². The van der Waals surface area contributed by atoms with Gasteiger partial charge in [-0.15, -0.1) is 0 Å². The molecular formula is C13H16BrN5O. The van der Waals surface area contributed by atoms with Gasteiger partial charge in [0.25, 0.3) is 0 Å². The summed E-state index contributed by atoms with van der Waals surface area (Å²) in [4.78, 5) is 12.6. The highest BCUT2D eigenvalue weighted by molar-refractivity contribution is 9.10. The van der Waals surface area contributed by atoms with Gasteiger partial charge in [-0.3, -0.25) is 0 Å². The third-order valence-electron chi connectivity index (χ3n) is 2.55. The zero-order valence-corrected chi connectivity index (χ0v) is 13.2. The SMILES string of the molecule is CCOc1nc(NC)nc(Nc2ccc(Br)cc2C)n1. The molecule has 2 aromatic rings. The number of halogens is 1. The van der Waals surface area contributed by atoms with E-state index in [1.165, 1.54) is 0 Å². The number of hydrogen-bond donors (Lipinski definition) is 2. The Balaban J connectivity index is 2.29. The molecule has 20 heavy (non-hydrogen) atoms. The number of nitrogens with zero attached hydrogens (tertiary/aromatic N) is 3. The maximum atomic E-state index is 5.33. The van der Waals surface area contributed by atoms with Crippen molar-refractivity contribution in [3.63, 3.8) is 0 Å². The van der Waals surface area contributed by atoms with Crippen LogP contribution in [0.2, 0.25) is 0 Å². The van der Waals surface area contributed by atoms with Gasteiger partial charge in [0.15, 0.2) is 0 Å². The van der Waals surface area contributed by atoms with Gasteiger partial charge >= 0.3 is 6.01 Å². The van der Waals surface area contributed by atoms with Crippen LogP contribution in [0.5, 0.6) is 6.01 Å². The van der Waals surface area contributed by atoms with E-state index >= 15 is 0 Å². The second-order valence-electron chi connectivity index (χ2n) is 4.03. The predicted molar refractivity (Wildman–Crippen MR) is 82.7 cm³/mol. The summed E-state index contributed by atoms with van der Waals surface area (Å²) in [5.74, 6) is 0.902. The number of hydrogen-bond acceptors (Lipinski definition) is 6. The first-order valence-corrected chi connectivity index (χ1v) is 7.01. The number of ether oxygens (including phenoxy) is 1. The molecule has 2 rings (SSSR count). The molecule has 0 fully saturated rings. The molecule has 0 spiro atoms. The second-order valence-corrected chi connectivity index (χ2v) is 4.95. The van der Waals surface area contributed by atoms with Crippen LogP contribution >= 0.6 is 15.9 Å². The summed E-state index contributed by atoms with van der Waals surface area (Å²) in [5.41, 5.74) is 2.02. The quantitative estimate of drug-likeness (QED) is 0.873. The Morgan fingerprint density at radius 3 is 2.60 bits per heavy atom. The van der Waals surface area contributed by atoms with E-state index in [0.29, 0.717) is 24.5 Å². The van der Waals surface area contributed by atoms with Gasteiger partial charge in [0.2, 0.25) is 11.9 Å². The minimum Gasteiger partial charge on any atom is -0.464 e. The molecule has 0 unspecified atom stereocenters. The van der Waals surface area contributed by atoms with Gasteiger partial charge in [-0.05, 0) is 37.6 Å². The zero-order chi connectivity index (χ0) is 14.5. The van der Waals surface area contributed by atoms with Crippen molar-refractivity contribution in [2.75, 3.05) is 24.3 Å². The van der Waals surface area contributed by atoms with E-state index in [1.807, 2.05) is 32.0 Å². The number of aryl methyl sites for hydroxylation is 1. The Hall–Kier alpha value is -1.89. The zero-order valence-electron chi connectivity index (χ0n) is 11.6. The van der Waals surface area contributed by atoms with E-state index in [0.717, 1.165) is 15.7 Å². The van der Waals surface area contributed by atoms with Crippen molar-refractivity contribution in [3.05, 3.63) is 28.2 Å². The third kappa shape index (κ3) is 3.57. The standard InChI is InChI=1S/C13H16BrN5O/c1-4-20-13-18-11(15-3)17-12(19-13)16-10-6-5-9(14)7-8(10)2/h5-7H,4H2,1-3H3,(H2,15,16,17,18,19). The van der Waals surface area contributed by atoms with Crippen molar-refractivity contribution in [2.24, 2.45) is 0 Å². The molecule has 1 aromatic heterocycles. The molecule has 0 saturated carbocycles. The molecule has 0 aliphatic heterocycles. The molecule has 0 saturated heterocycles. The first kappa shape index (κ1) is 14.5. The van der Waals surface area contributed by atoms with Crippen LogP contribution in [0.15, 0.2) is 22.7 Å². The van der Waals surface area contributed by atoms with Crippen LogP contribution in [-0.4, -0.2) is 28.6 Å². The topological polar surface area (TPSA) is 72.0 Å². The summed E-state index contributed by atoms with van der Waals surface area (Å²) >= 11 is 3.44. The van der Waals surface area contributed by atoms with Crippen LogP contribution in [0.3, 0.4) is 0 Å². The number of aromatic nitrogens is 3. The first-order valence-electron chi connectivity index (χ1n) is 6.22. The summed E-state index contributed by atoms with van der Waals surface area (Å²) < 4.78 is 6.36. The fourth-order valence-corrected chi connectivity index (χ4v) is 2.08. The molecule has 0 radical (unpaired) electrons. The summed E-state index contributed by atoms with van der Waals surface area (Å²) in [6, 6.07) is 6.23. The molecular weight excluding hydrogens is 322 g/mol. The van der Waals surface area contributed by atoms with Gasteiger partial charge in [-0.25, -0.2) is 0 Å². The van der Waals surface area contributed by atoms with Crippen LogP contribution in [-0.2, 0) is 0 Å². The minimum absolute atomic E-state index is 0.295. The molecule has 0 amide bonds. The Bertz CT molecular complexity index is 605. The number of benzene rings is 1. The Morgan fingerprint density at radius 1 is 1.20 bits per heavy atom. The lowest BCUT2D eigenvalue weighted by Gasteiger charge is -2.10. The van der Waals surface area contributed by atoms with Crippen LogP contribution in [0, 0.1) is 6.92 Å². The van der Waals surface area contributed by atoms with Crippen molar-refractivity contribution >= 4 is 33.5 Å². The summed E-state index contributed by atoms with van der Waals surface area (Å²) in [6.45, 7) is 4.40. The van der Waals surface area contributed by atoms with E-state index < -0.39 is 0 Å². The van der Waals surface area contributed by atoms with Gasteiger partial charge in [0.05, 0.1) is 6.61 Å². The van der Waals surface area contributed by atoms with E-state index in [2.05, 4.69) is 41.5 Å². The Labute approximate surface area is 126 Å². The van der Waals surface area contributed by atoms with Crippen molar-refractivity contribution in [1.29, 1.82) is 0 Å². The lowest BCUT2D eigenvalue weighted by Crippen LogP contribution is -2.07. The lowest BCUT2D eigenvalue weighted by atomic mass is 10.2. The maximum Gasteiger partial charge on any atom is 0.323 e. The average Bonchev–Trinajstić information content (AvgIpc) is 2.42. The number of rotatable bonds is 5. The average molecular weight is 338 g/mol. The highest BCUT2D eigenvalue weighted by atomic mass is 79.9. The fourth-order valence-electron chi connectivity index (χ4n) is 1.61. The van der Waals surface area contributed by atoms with E-state index in [9.17, 15) is 0 Å². The summed E-state index contributed by atoms with van der Waals surface area (Å²) in [5, 5.41) is 6.06. The Morgan fingerprint density at radius 2 is 1.95 bits per heavy atom. The smallest absolute Gasteiger partial charge is 0.323 e. The molecule has 1 heterocycles. The highest BCUT2D eigenvalue weighted by Crippen LogP contribution is 2.23. The summed E-state index contributed by atoms with van der Waals surface area (Å²) in [7, 11) is 1.75. The Kier molecular flexibility index (Phi) is 4.73. The molecule has 0 aliphatic rings. The van der Waals surface area contributed by atoms with Crippen molar-refractivity contribution in [1.82, 2.24) is 15.0 Å². The normalized spacial score (nSPS) is 10.2. The molecule has 0 bridgehead atoms. The van der Waals surface area contributed by atoms with Crippen molar-refractivity contribution in [2.45, 2.75) is 13.8 Å². The van der Waals surface area contributed by atoms with Gasteiger partial charge in [-0.2, -0.15) is 15.0 Å². The molecule has 7 heteroatoms. The van der Waals surface area contributed by atoms with Crippen LogP contribution in [0.25, 0.3) is 0 Å². The number of anilines is 3. The third-order valence-corrected chi connectivity index (χ3v) is 3.04. The van der Waals surface area contributed by atoms with Crippen LogP contribution < -0.4 is 15.4 Å². The van der Waals surface area contributed by atoms with Gasteiger partial charge in [0, 0.05) is 17.2 Å². The van der Waals surface area contributed by atoms with Gasteiger partial charge < -0.3 is 15.4 Å². The molecule has 6 nitrogen and oxygen atoms in total. The fraction of sp³-hybridized carbons (Fsp3) is 0.308. The van der Waals surface area contributed by atoms with Crippen molar-refractivity contribution in [3.8, 4) is 6.01 Å². The maximum absolute atomic E-state index is 5.33. The van der Waals surface area contributed by atoms with Crippen LogP contribution in [0.4, 0.5) is 17.6 Å². The molecule has 1 aromatic carbocycles. The largest absolute Gasteiger partial charge is 0.464 e. The lowest BCUT2D eigenvalue weighted by molar-refractivity contribution is 0.312. The predicted octanol–water partition coefficient (Wildman–Crippen LogP) is 3.13. The highest BCUT2D eigenvalue weighted by Gasteiger charge is 2.08. The molecule has 106 valence electrons. The second kappa shape index (κ2) is 6.51. The van der Waals surface area contributed by atoms with Crippen molar-refractivity contribution < 1.29 is 4.74 Å². The monoisotopic (exact) mass is 337 g/mol. The molecule has 2 N–H and O–H groups in total. The van der Waals surface area contributed by atoms with E-state index in [4.69, 9.17) is 4.74 Å². The molecule has 0 aliphatic carbocycles. The van der Waals surface area contributed by atoms with E-state index in [1.54, 1.807) is 7.05 Å². The first-order chi connectivity index (χ1) is 9.62. The molecule has 0 atom stereocenters. The summed E-state index contributed by atoms with van der Waals surface area (Å²) in [6.07, 6.45) is 0. The number of nitrogens with one attached hydrogen (secondary N) is 2. The minimum atomic E-state index is 0.295. The van der Waals surface area contributed by atoms with E-state index in [-0.39, 0.29) is 0 Å². The van der Waals surface area contributed by atoms with Crippen LogP contribution in [0.1, 0.15) is 12.5 Å².